The fourth-order valence-electron chi connectivity index (χ4n) is 3.03. The highest BCUT2D eigenvalue weighted by Crippen LogP contribution is 2.17. The zero-order valence-corrected chi connectivity index (χ0v) is 15.1. The van der Waals surface area contributed by atoms with Gasteiger partial charge in [0.2, 0.25) is 0 Å². The lowest BCUT2D eigenvalue weighted by Crippen LogP contribution is -2.39. The molecule has 1 aromatic carbocycles. The van der Waals surface area contributed by atoms with Gasteiger partial charge in [-0.05, 0) is 37.8 Å². The summed E-state index contributed by atoms with van der Waals surface area (Å²) in [5.74, 6) is 1.57. The first-order valence-corrected chi connectivity index (χ1v) is 9.09. The molecule has 1 aliphatic heterocycles. The Morgan fingerprint density at radius 2 is 2.12 bits per heavy atom. The molecule has 0 aromatic heterocycles. The fourth-order valence-corrected chi connectivity index (χ4v) is 3.03. The second kappa shape index (κ2) is 11.0. The van der Waals surface area contributed by atoms with E-state index in [1.165, 1.54) is 18.5 Å². The van der Waals surface area contributed by atoms with Crippen LogP contribution in [0.2, 0.25) is 0 Å². The van der Waals surface area contributed by atoms with Crippen molar-refractivity contribution in [3.63, 3.8) is 0 Å². The van der Waals surface area contributed by atoms with Crippen LogP contribution in [0.25, 0.3) is 0 Å². The van der Waals surface area contributed by atoms with Crippen molar-refractivity contribution in [1.29, 1.82) is 0 Å². The van der Waals surface area contributed by atoms with Crippen LogP contribution in [0.3, 0.4) is 0 Å². The number of ether oxygens (including phenoxy) is 1. The van der Waals surface area contributed by atoms with Crippen LogP contribution < -0.4 is 10.6 Å². The molecule has 5 heteroatoms. The number of methoxy groups -OCH3 is 1. The summed E-state index contributed by atoms with van der Waals surface area (Å²) in [6.07, 6.45) is 2.38. The van der Waals surface area contributed by atoms with Crippen molar-refractivity contribution in [3.05, 3.63) is 35.9 Å². The average molecular weight is 332 g/mol. The Balaban J connectivity index is 1.70. The lowest BCUT2D eigenvalue weighted by molar-refractivity contribution is 0.203. The Morgan fingerprint density at radius 3 is 2.88 bits per heavy atom. The number of hydrogen-bond acceptors (Lipinski definition) is 3. The first-order chi connectivity index (χ1) is 11.8. The van der Waals surface area contributed by atoms with Crippen molar-refractivity contribution >= 4 is 5.96 Å². The predicted octanol–water partition coefficient (Wildman–Crippen LogP) is 1.75. The quantitative estimate of drug-likeness (QED) is 0.411. The highest BCUT2D eigenvalue weighted by Gasteiger charge is 2.21. The van der Waals surface area contributed by atoms with Crippen LogP contribution in [0.1, 0.15) is 18.9 Å². The lowest BCUT2D eigenvalue weighted by atomic mass is 10.1. The average Bonchev–Trinajstić information content (AvgIpc) is 3.07. The fraction of sp³-hybridized carbons (Fsp3) is 0.632. The van der Waals surface area contributed by atoms with Gasteiger partial charge in [-0.15, -0.1) is 0 Å². The molecule has 1 saturated heterocycles. The Hall–Kier alpha value is -1.59. The Labute approximate surface area is 146 Å². The standard InChI is InChI=1S/C19H32N4O/c1-3-20-19(21-11-14-24-2)22-15-18-10-13-23(16-18)12-9-17-7-5-4-6-8-17/h4-8,18H,3,9-16H2,1-2H3,(H2,20,21,22). The number of benzene rings is 1. The Morgan fingerprint density at radius 1 is 1.29 bits per heavy atom. The molecule has 1 atom stereocenters. The van der Waals surface area contributed by atoms with Gasteiger partial charge in [-0.1, -0.05) is 30.3 Å². The second-order valence-electron chi connectivity index (χ2n) is 6.33. The highest BCUT2D eigenvalue weighted by molar-refractivity contribution is 5.79. The van der Waals surface area contributed by atoms with E-state index >= 15 is 0 Å². The van der Waals surface area contributed by atoms with Gasteiger partial charge >= 0.3 is 0 Å². The molecule has 1 heterocycles. The SMILES string of the molecule is CCNC(=NCC1CCN(CCc2ccccc2)C1)NCCOC. The van der Waals surface area contributed by atoms with E-state index in [-0.39, 0.29) is 0 Å². The van der Waals surface area contributed by atoms with Crippen molar-refractivity contribution in [3.8, 4) is 0 Å². The molecule has 2 N–H and O–H groups in total. The first kappa shape index (κ1) is 18.7. The molecule has 1 fully saturated rings. The van der Waals surface area contributed by atoms with Gasteiger partial charge < -0.3 is 20.3 Å². The summed E-state index contributed by atoms with van der Waals surface area (Å²) in [5, 5.41) is 6.60. The molecule has 0 spiro atoms. The molecule has 1 unspecified atom stereocenters. The van der Waals surface area contributed by atoms with E-state index in [1.54, 1.807) is 7.11 Å². The summed E-state index contributed by atoms with van der Waals surface area (Å²) >= 11 is 0. The van der Waals surface area contributed by atoms with Crippen LogP contribution >= 0.6 is 0 Å². The summed E-state index contributed by atoms with van der Waals surface area (Å²) in [6, 6.07) is 10.7. The number of rotatable bonds is 9. The third-order valence-corrected chi connectivity index (χ3v) is 4.38. The van der Waals surface area contributed by atoms with Gasteiger partial charge in [0.15, 0.2) is 5.96 Å². The number of guanidine groups is 1. The Bertz CT molecular complexity index is 478. The second-order valence-corrected chi connectivity index (χ2v) is 6.33. The number of hydrogen-bond donors (Lipinski definition) is 2. The number of nitrogens with zero attached hydrogens (tertiary/aromatic N) is 2. The molecular formula is C19H32N4O. The zero-order chi connectivity index (χ0) is 17.0. The topological polar surface area (TPSA) is 48.9 Å². The third-order valence-electron chi connectivity index (χ3n) is 4.38. The minimum absolute atomic E-state index is 0.665. The van der Waals surface area contributed by atoms with Gasteiger partial charge in [0, 0.05) is 39.8 Å². The van der Waals surface area contributed by atoms with Crippen molar-refractivity contribution in [2.75, 3.05) is 53.0 Å². The third kappa shape index (κ3) is 6.89. The molecule has 24 heavy (non-hydrogen) atoms. The summed E-state index contributed by atoms with van der Waals surface area (Å²) in [4.78, 5) is 7.30. The van der Waals surface area contributed by atoms with Gasteiger partial charge in [-0.2, -0.15) is 0 Å². The van der Waals surface area contributed by atoms with Gasteiger partial charge in [-0.3, -0.25) is 4.99 Å². The van der Waals surface area contributed by atoms with E-state index in [4.69, 9.17) is 9.73 Å². The number of nitrogens with one attached hydrogen (secondary N) is 2. The molecule has 5 nitrogen and oxygen atoms in total. The van der Waals surface area contributed by atoms with E-state index in [2.05, 4.69) is 52.8 Å². The van der Waals surface area contributed by atoms with Crippen LogP contribution in [0.15, 0.2) is 35.3 Å². The molecule has 0 radical (unpaired) electrons. The highest BCUT2D eigenvalue weighted by atomic mass is 16.5. The van der Waals surface area contributed by atoms with Crippen LogP contribution in [0.5, 0.6) is 0 Å². The molecule has 1 aromatic rings. The molecule has 2 rings (SSSR count). The van der Waals surface area contributed by atoms with Gasteiger partial charge in [0.25, 0.3) is 0 Å². The number of likely N-dealkylation sites (tertiary alicyclic amines) is 1. The molecular weight excluding hydrogens is 300 g/mol. The molecule has 0 aliphatic carbocycles. The maximum absolute atomic E-state index is 5.07. The Kier molecular flexibility index (Phi) is 8.63. The van der Waals surface area contributed by atoms with Crippen molar-refractivity contribution in [2.45, 2.75) is 19.8 Å². The smallest absolute Gasteiger partial charge is 0.191 e. The summed E-state index contributed by atoms with van der Waals surface area (Å²) in [6.45, 7) is 8.85. The molecule has 0 saturated carbocycles. The largest absolute Gasteiger partial charge is 0.383 e. The number of aliphatic imine (C=N–C) groups is 1. The van der Waals surface area contributed by atoms with E-state index in [9.17, 15) is 0 Å². The van der Waals surface area contributed by atoms with E-state index in [0.717, 1.165) is 45.1 Å². The van der Waals surface area contributed by atoms with E-state index in [0.29, 0.717) is 12.5 Å². The van der Waals surface area contributed by atoms with Crippen LogP contribution in [0.4, 0.5) is 0 Å². The van der Waals surface area contributed by atoms with Gasteiger partial charge in [0.1, 0.15) is 0 Å². The zero-order valence-electron chi connectivity index (χ0n) is 15.1. The minimum atomic E-state index is 0.665. The summed E-state index contributed by atoms with van der Waals surface area (Å²) < 4.78 is 5.07. The monoisotopic (exact) mass is 332 g/mol. The van der Waals surface area contributed by atoms with Crippen molar-refractivity contribution in [1.82, 2.24) is 15.5 Å². The van der Waals surface area contributed by atoms with Crippen LogP contribution in [0, 0.1) is 5.92 Å². The van der Waals surface area contributed by atoms with Gasteiger partial charge in [0.05, 0.1) is 6.61 Å². The predicted molar refractivity (Wildman–Crippen MR) is 101 cm³/mol. The molecule has 0 bridgehead atoms. The van der Waals surface area contributed by atoms with Crippen molar-refractivity contribution < 1.29 is 4.74 Å². The molecule has 0 amide bonds. The van der Waals surface area contributed by atoms with Crippen molar-refractivity contribution in [2.24, 2.45) is 10.9 Å². The maximum Gasteiger partial charge on any atom is 0.191 e. The molecule has 134 valence electrons. The van der Waals surface area contributed by atoms with E-state index in [1.807, 2.05) is 0 Å². The van der Waals surface area contributed by atoms with Gasteiger partial charge in [-0.25, -0.2) is 0 Å². The minimum Gasteiger partial charge on any atom is -0.383 e. The summed E-state index contributed by atoms with van der Waals surface area (Å²) in [5.41, 5.74) is 1.43. The lowest BCUT2D eigenvalue weighted by Gasteiger charge is -2.16. The maximum atomic E-state index is 5.07. The van der Waals surface area contributed by atoms with Crippen LogP contribution in [-0.4, -0.2) is 63.8 Å². The summed E-state index contributed by atoms with van der Waals surface area (Å²) in [7, 11) is 1.72. The molecule has 1 aliphatic rings. The van der Waals surface area contributed by atoms with Crippen LogP contribution in [-0.2, 0) is 11.2 Å². The first-order valence-electron chi connectivity index (χ1n) is 9.09. The van der Waals surface area contributed by atoms with E-state index < -0.39 is 0 Å². The normalized spacial score (nSPS) is 18.8.